The molecule has 0 spiro atoms. The summed E-state index contributed by atoms with van der Waals surface area (Å²) in [5.74, 6) is -1.40. The number of aromatic nitrogens is 1. The number of rotatable bonds is 2. The topological polar surface area (TPSA) is 63.0 Å². The lowest BCUT2D eigenvalue weighted by molar-refractivity contribution is -0.0334. The van der Waals surface area contributed by atoms with Crippen LogP contribution in [0.2, 0.25) is 0 Å². The maximum atomic E-state index is 13.9. The van der Waals surface area contributed by atoms with Crippen molar-refractivity contribution in [3.8, 4) is 6.07 Å². The fourth-order valence-corrected chi connectivity index (χ4v) is 1.55. The van der Waals surface area contributed by atoms with E-state index in [1.54, 1.807) is 0 Å². The van der Waals surface area contributed by atoms with Crippen LogP contribution in [0.5, 0.6) is 0 Å². The first kappa shape index (κ1) is 10.7. The summed E-state index contributed by atoms with van der Waals surface area (Å²) in [5.41, 5.74) is -1.24. The number of nitrogens with zero attached hydrogens (tertiary/aromatic N) is 2. The van der Waals surface area contributed by atoms with Crippen LogP contribution >= 0.6 is 0 Å². The molecule has 5 heteroatoms. The number of pyridine rings is 1. The lowest BCUT2D eigenvalue weighted by Crippen LogP contribution is -2.47. The minimum atomic E-state index is -1.06. The summed E-state index contributed by atoms with van der Waals surface area (Å²) in [5, 5.41) is 9.01. The summed E-state index contributed by atoms with van der Waals surface area (Å²) in [7, 11) is 0. The number of ketones is 1. The standard InChI is InChI=1S/C11H8FN2O2/c1-7(15)8-2-3-14-10(9(8)12)11(4-13)5-16-6-11/h2-3H,1,5-6H2. The Hall–Kier alpha value is -1.80. The molecule has 1 aliphatic rings. The Morgan fingerprint density at radius 1 is 1.69 bits per heavy atom. The third-order valence-corrected chi connectivity index (χ3v) is 2.55. The van der Waals surface area contributed by atoms with Gasteiger partial charge in [-0.1, -0.05) is 0 Å². The fraction of sp³-hybridized carbons (Fsp3) is 0.273. The molecular formula is C11H8FN2O2. The smallest absolute Gasteiger partial charge is 0.166 e. The maximum absolute atomic E-state index is 13.9. The van der Waals surface area contributed by atoms with E-state index in [1.807, 2.05) is 6.07 Å². The van der Waals surface area contributed by atoms with Crippen LogP contribution in [0.15, 0.2) is 12.3 Å². The van der Waals surface area contributed by atoms with Crippen molar-refractivity contribution < 1.29 is 13.9 Å². The molecule has 0 atom stereocenters. The number of hydrogen-bond acceptors (Lipinski definition) is 4. The zero-order valence-electron chi connectivity index (χ0n) is 8.36. The zero-order chi connectivity index (χ0) is 11.8. The van der Waals surface area contributed by atoms with Crippen LogP contribution in [-0.4, -0.2) is 24.0 Å². The molecule has 4 nitrogen and oxygen atoms in total. The second kappa shape index (κ2) is 3.65. The summed E-state index contributed by atoms with van der Waals surface area (Å²) in [6, 6.07) is 3.23. The van der Waals surface area contributed by atoms with E-state index >= 15 is 0 Å². The van der Waals surface area contributed by atoms with E-state index in [4.69, 9.17) is 10.00 Å². The number of Topliss-reactive ketones (excluding diaryl/α,β-unsaturated/α-hetero) is 1. The van der Waals surface area contributed by atoms with Gasteiger partial charge in [-0.15, -0.1) is 0 Å². The van der Waals surface area contributed by atoms with Crippen molar-refractivity contribution in [2.45, 2.75) is 5.41 Å². The highest BCUT2D eigenvalue weighted by atomic mass is 19.1. The van der Waals surface area contributed by atoms with Crippen LogP contribution in [0.3, 0.4) is 0 Å². The Kier molecular flexibility index (Phi) is 2.44. The third kappa shape index (κ3) is 1.39. The van der Waals surface area contributed by atoms with Gasteiger partial charge in [0.25, 0.3) is 0 Å². The zero-order valence-corrected chi connectivity index (χ0v) is 8.36. The summed E-state index contributed by atoms with van der Waals surface area (Å²) in [6.45, 7) is 3.34. The van der Waals surface area contributed by atoms with Crippen molar-refractivity contribution >= 4 is 5.78 Å². The second-order valence-electron chi connectivity index (χ2n) is 3.63. The van der Waals surface area contributed by atoms with Crippen LogP contribution < -0.4 is 0 Å². The van der Waals surface area contributed by atoms with Gasteiger partial charge in [-0.2, -0.15) is 5.26 Å². The number of ether oxygens (including phenoxy) is 1. The number of carbonyl (C=O) groups is 1. The molecule has 0 unspecified atom stereocenters. The van der Waals surface area contributed by atoms with Crippen molar-refractivity contribution in [1.29, 1.82) is 5.26 Å². The number of hydrogen-bond donors (Lipinski definition) is 0. The minimum Gasteiger partial charge on any atom is -0.377 e. The second-order valence-corrected chi connectivity index (χ2v) is 3.63. The lowest BCUT2D eigenvalue weighted by Gasteiger charge is -2.34. The molecular weight excluding hydrogens is 211 g/mol. The van der Waals surface area contributed by atoms with Gasteiger partial charge >= 0.3 is 0 Å². The predicted molar refractivity (Wildman–Crippen MR) is 52.0 cm³/mol. The highest BCUT2D eigenvalue weighted by molar-refractivity contribution is 5.99. The predicted octanol–water partition coefficient (Wildman–Crippen LogP) is 1.03. The summed E-state index contributed by atoms with van der Waals surface area (Å²) < 4.78 is 18.8. The molecule has 1 saturated heterocycles. The molecule has 1 aliphatic heterocycles. The normalized spacial score (nSPS) is 17.3. The van der Waals surface area contributed by atoms with Gasteiger partial charge < -0.3 is 4.74 Å². The average molecular weight is 219 g/mol. The monoisotopic (exact) mass is 219 g/mol. The van der Waals surface area contributed by atoms with E-state index in [0.717, 1.165) is 0 Å². The quantitative estimate of drug-likeness (QED) is 0.697. The molecule has 16 heavy (non-hydrogen) atoms. The molecule has 81 valence electrons. The highest BCUT2D eigenvalue weighted by Gasteiger charge is 2.45. The molecule has 2 rings (SSSR count). The van der Waals surface area contributed by atoms with Gasteiger partial charge in [-0.25, -0.2) is 4.39 Å². The summed E-state index contributed by atoms with van der Waals surface area (Å²) in [4.78, 5) is 14.9. The molecule has 0 amide bonds. The van der Waals surface area contributed by atoms with E-state index in [9.17, 15) is 9.18 Å². The van der Waals surface area contributed by atoms with E-state index in [2.05, 4.69) is 11.9 Å². The molecule has 0 aliphatic carbocycles. The Labute approximate surface area is 91.7 Å². The molecule has 2 heterocycles. The first-order valence-corrected chi connectivity index (χ1v) is 4.61. The van der Waals surface area contributed by atoms with E-state index in [1.165, 1.54) is 12.3 Å². The van der Waals surface area contributed by atoms with E-state index in [0.29, 0.717) is 0 Å². The van der Waals surface area contributed by atoms with Crippen LogP contribution in [0.1, 0.15) is 16.1 Å². The Bertz CT molecular complexity index is 489. The van der Waals surface area contributed by atoms with Gasteiger partial charge in [0.05, 0.1) is 24.8 Å². The summed E-state index contributed by atoms with van der Waals surface area (Å²) in [6.07, 6.45) is 1.30. The fourth-order valence-electron chi connectivity index (χ4n) is 1.55. The molecule has 1 aromatic heterocycles. The van der Waals surface area contributed by atoms with Crippen molar-refractivity contribution in [1.82, 2.24) is 4.98 Å². The highest BCUT2D eigenvalue weighted by Crippen LogP contribution is 2.32. The minimum absolute atomic E-state index is 0.0317. The van der Waals surface area contributed by atoms with Crippen molar-refractivity contribution in [3.63, 3.8) is 0 Å². The van der Waals surface area contributed by atoms with Crippen LogP contribution in [-0.2, 0) is 10.2 Å². The number of carbonyl (C=O) groups excluding carboxylic acids is 1. The summed E-state index contributed by atoms with van der Waals surface area (Å²) >= 11 is 0. The van der Waals surface area contributed by atoms with Crippen LogP contribution in [0, 0.1) is 24.1 Å². The largest absolute Gasteiger partial charge is 0.377 e. The molecule has 1 aromatic rings. The molecule has 1 radical (unpaired) electrons. The third-order valence-electron chi connectivity index (χ3n) is 2.55. The Morgan fingerprint density at radius 2 is 2.38 bits per heavy atom. The van der Waals surface area contributed by atoms with Crippen molar-refractivity contribution in [2.24, 2.45) is 0 Å². The van der Waals surface area contributed by atoms with Crippen molar-refractivity contribution in [2.75, 3.05) is 13.2 Å². The van der Waals surface area contributed by atoms with E-state index < -0.39 is 17.0 Å². The maximum Gasteiger partial charge on any atom is 0.166 e. The van der Waals surface area contributed by atoms with Gasteiger partial charge in [0.2, 0.25) is 0 Å². The van der Waals surface area contributed by atoms with Crippen LogP contribution in [0.4, 0.5) is 4.39 Å². The average Bonchev–Trinajstić information content (AvgIpc) is 2.19. The first-order valence-electron chi connectivity index (χ1n) is 4.61. The molecule has 0 bridgehead atoms. The van der Waals surface area contributed by atoms with Crippen LogP contribution in [0.25, 0.3) is 0 Å². The van der Waals surface area contributed by atoms with Gasteiger partial charge in [0.15, 0.2) is 11.6 Å². The Morgan fingerprint density at radius 3 is 2.81 bits per heavy atom. The lowest BCUT2D eigenvalue weighted by atomic mass is 9.82. The van der Waals surface area contributed by atoms with Gasteiger partial charge in [0, 0.05) is 13.1 Å². The molecule has 0 N–H and O–H groups in total. The Balaban J connectivity index is 2.55. The number of nitriles is 1. The van der Waals surface area contributed by atoms with Crippen molar-refractivity contribution in [3.05, 3.63) is 36.3 Å². The molecule has 0 saturated carbocycles. The number of halogens is 1. The first-order chi connectivity index (χ1) is 7.60. The molecule has 0 aromatic carbocycles. The SMILES string of the molecule is [CH2]C(=O)c1ccnc(C2(C#N)COC2)c1F. The molecule has 1 fully saturated rings. The van der Waals surface area contributed by atoms with Gasteiger partial charge in [-0.3, -0.25) is 9.78 Å². The van der Waals surface area contributed by atoms with Gasteiger partial charge in [-0.05, 0) is 6.07 Å². The van der Waals surface area contributed by atoms with Gasteiger partial charge in [0.1, 0.15) is 11.1 Å². The van der Waals surface area contributed by atoms with E-state index in [-0.39, 0.29) is 24.5 Å².